The van der Waals surface area contributed by atoms with Gasteiger partial charge >= 0.3 is 0 Å². The fourth-order valence-electron chi connectivity index (χ4n) is 3.70. The molecule has 0 unspecified atom stereocenters. The molecule has 3 heteroatoms. The Morgan fingerprint density at radius 3 is 2.73 bits per heavy atom. The molecule has 1 saturated heterocycles. The molecule has 2 fully saturated rings. The maximum Gasteiger partial charge on any atom is 0.226 e. The van der Waals surface area contributed by atoms with Crippen molar-refractivity contribution in [2.75, 3.05) is 20.1 Å². The van der Waals surface area contributed by atoms with Crippen molar-refractivity contribution >= 4 is 5.91 Å². The van der Waals surface area contributed by atoms with Crippen LogP contribution in [0.5, 0.6) is 0 Å². The van der Waals surface area contributed by atoms with Gasteiger partial charge in [0.15, 0.2) is 0 Å². The molecule has 3 rings (SSSR count). The van der Waals surface area contributed by atoms with E-state index in [1.165, 1.54) is 11.1 Å². The van der Waals surface area contributed by atoms with Gasteiger partial charge in [-0.1, -0.05) is 31.2 Å². The molecule has 2 atom stereocenters. The van der Waals surface area contributed by atoms with Gasteiger partial charge in [-0.2, -0.15) is 0 Å². The Kier molecular flexibility index (Phi) is 4.26. The highest BCUT2D eigenvalue weighted by Crippen LogP contribution is 2.49. The van der Waals surface area contributed by atoms with Crippen LogP contribution in [-0.4, -0.2) is 37.0 Å². The Bertz CT molecular complexity index is 550. The van der Waals surface area contributed by atoms with Crippen molar-refractivity contribution in [1.82, 2.24) is 10.2 Å². The molecular weight excluding hydrogens is 272 g/mol. The minimum absolute atomic E-state index is 0.130. The number of amides is 1. The van der Waals surface area contributed by atoms with Crippen molar-refractivity contribution in [3.63, 3.8) is 0 Å². The predicted octanol–water partition coefficient (Wildman–Crippen LogP) is 2.77. The monoisotopic (exact) mass is 300 g/mol. The summed E-state index contributed by atoms with van der Waals surface area (Å²) in [5, 5.41) is 3.37. The summed E-state index contributed by atoms with van der Waals surface area (Å²) >= 11 is 0. The van der Waals surface area contributed by atoms with Crippen LogP contribution in [-0.2, 0) is 11.2 Å². The lowest BCUT2D eigenvalue weighted by molar-refractivity contribution is -0.127. The quantitative estimate of drug-likeness (QED) is 0.927. The van der Waals surface area contributed by atoms with Crippen LogP contribution >= 0.6 is 0 Å². The predicted molar refractivity (Wildman–Crippen MR) is 89.8 cm³/mol. The van der Waals surface area contributed by atoms with Crippen LogP contribution in [0.15, 0.2) is 24.3 Å². The number of nitrogens with zero attached hydrogens (tertiary/aromatic N) is 1. The van der Waals surface area contributed by atoms with E-state index in [1.807, 2.05) is 0 Å². The summed E-state index contributed by atoms with van der Waals surface area (Å²) in [6.07, 6.45) is 4.04. The van der Waals surface area contributed by atoms with Gasteiger partial charge in [-0.15, -0.1) is 0 Å². The van der Waals surface area contributed by atoms with Gasteiger partial charge in [-0.25, -0.2) is 0 Å². The van der Waals surface area contributed by atoms with E-state index >= 15 is 0 Å². The molecule has 1 aliphatic heterocycles. The average Bonchev–Trinajstić information content (AvgIpc) is 3.25. The van der Waals surface area contributed by atoms with Gasteiger partial charge in [0.2, 0.25) is 5.91 Å². The number of likely N-dealkylation sites (tertiary alicyclic amines) is 1. The first-order valence-electron chi connectivity index (χ1n) is 8.54. The standard InChI is InChI=1S/C19H28N2O/c1-14-6-4-5-7-16(14)12-19(9-10-19)18(22)20-17-8-11-21(3)13-15(17)2/h4-7,15,17H,8-13H2,1-3H3,(H,20,22)/t15-,17-/m1/s1. The maximum atomic E-state index is 12.8. The van der Waals surface area contributed by atoms with E-state index in [2.05, 4.69) is 55.4 Å². The van der Waals surface area contributed by atoms with E-state index < -0.39 is 0 Å². The second-order valence-corrected chi connectivity index (χ2v) is 7.49. The van der Waals surface area contributed by atoms with Gasteiger partial charge in [-0.05, 0) is 63.2 Å². The number of carbonyl (C=O) groups is 1. The van der Waals surface area contributed by atoms with Crippen LogP contribution in [0.25, 0.3) is 0 Å². The molecule has 1 N–H and O–H groups in total. The fraction of sp³-hybridized carbons (Fsp3) is 0.632. The number of rotatable bonds is 4. The smallest absolute Gasteiger partial charge is 0.226 e. The Hall–Kier alpha value is -1.35. The number of piperidine rings is 1. The van der Waals surface area contributed by atoms with E-state index in [4.69, 9.17) is 0 Å². The molecule has 22 heavy (non-hydrogen) atoms. The summed E-state index contributed by atoms with van der Waals surface area (Å²) in [7, 11) is 2.16. The molecule has 1 heterocycles. The summed E-state index contributed by atoms with van der Waals surface area (Å²) < 4.78 is 0. The third kappa shape index (κ3) is 3.19. The van der Waals surface area contributed by atoms with Crippen LogP contribution in [0.2, 0.25) is 0 Å². The maximum absolute atomic E-state index is 12.8. The van der Waals surface area contributed by atoms with Gasteiger partial charge in [0.25, 0.3) is 0 Å². The Morgan fingerprint density at radius 1 is 1.36 bits per heavy atom. The number of hydrogen-bond donors (Lipinski definition) is 1. The van der Waals surface area contributed by atoms with E-state index in [9.17, 15) is 4.79 Å². The average molecular weight is 300 g/mol. The van der Waals surface area contributed by atoms with Crippen molar-refractivity contribution in [3.8, 4) is 0 Å². The highest BCUT2D eigenvalue weighted by Gasteiger charge is 2.50. The summed E-state index contributed by atoms with van der Waals surface area (Å²) in [6, 6.07) is 8.80. The summed E-state index contributed by atoms with van der Waals surface area (Å²) in [6.45, 7) is 6.56. The Balaban J connectivity index is 1.63. The van der Waals surface area contributed by atoms with Gasteiger partial charge in [-0.3, -0.25) is 4.79 Å². The fourth-order valence-corrected chi connectivity index (χ4v) is 3.70. The van der Waals surface area contributed by atoms with Crippen LogP contribution in [0.4, 0.5) is 0 Å². The van der Waals surface area contributed by atoms with Gasteiger partial charge in [0.1, 0.15) is 0 Å². The van der Waals surface area contributed by atoms with Crippen molar-refractivity contribution in [2.24, 2.45) is 11.3 Å². The molecule has 1 saturated carbocycles. The molecule has 3 nitrogen and oxygen atoms in total. The molecule has 1 amide bonds. The highest BCUT2D eigenvalue weighted by atomic mass is 16.2. The minimum atomic E-state index is -0.130. The van der Waals surface area contributed by atoms with E-state index in [-0.39, 0.29) is 11.3 Å². The first-order valence-corrected chi connectivity index (χ1v) is 8.54. The van der Waals surface area contributed by atoms with Gasteiger partial charge < -0.3 is 10.2 Å². The molecule has 120 valence electrons. The van der Waals surface area contributed by atoms with Crippen LogP contribution < -0.4 is 5.32 Å². The Morgan fingerprint density at radius 2 is 2.09 bits per heavy atom. The van der Waals surface area contributed by atoms with Crippen molar-refractivity contribution < 1.29 is 4.79 Å². The van der Waals surface area contributed by atoms with E-state index in [0.717, 1.165) is 38.8 Å². The van der Waals surface area contributed by atoms with Gasteiger partial charge in [0, 0.05) is 12.6 Å². The van der Waals surface area contributed by atoms with Crippen molar-refractivity contribution in [3.05, 3.63) is 35.4 Å². The minimum Gasteiger partial charge on any atom is -0.353 e. The molecule has 0 bridgehead atoms. The number of aryl methyl sites for hydroxylation is 1. The van der Waals surface area contributed by atoms with Gasteiger partial charge in [0.05, 0.1) is 5.41 Å². The van der Waals surface area contributed by atoms with Crippen LogP contribution in [0.3, 0.4) is 0 Å². The second kappa shape index (κ2) is 6.04. The molecule has 1 aromatic rings. The summed E-state index contributed by atoms with van der Waals surface area (Å²) in [4.78, 5) is 15.2. The van der Waals surface area contributed by atoms with Crippen molar-refractivity contribution in [1.29, 1.82) is 0 Å². The zero-order valence-electron chi connectivity index (χ0n) is 14.1. The molecule has 0 radical (unpaired) electrons. The number of nitrogens with one attached hydrogen (secondary N) is 1. The van der Waals surface area contributed by atoms with E-state index in [1.54, 1.807) is 0 Å². The van der Waals surface area contributed by atoms with Crippen molar-refractivity contribution in [2.45, 2.75) is 45.6 Å². The second-order valence-electron chi connectivity index (χ2n) is 7.49. The number of carbonyl (C=O) groups excluding carboxylic acids is 1. The lowest BCUT2D eigenvalue weighted by Crippen LogP contribution is -2.50. The summed E-state index contributed by atoms with van der Waals surface area (Å²) in [5.74, 6) is 0.828. The molecule has 0 spiro atoms. The molecular formula is C19H28N2O. The number of hydrogen-bond acceptors (Lipinski definition) is 2. The third-order valence-corrected chi connectivity index (χ3v) is 5.55. The molecule has 2 aliphatic rings. The SMILES string of the molecule is Cc1ccccc1CC1(C(=O)N[C@@H]2CCN(C)C[C@H]2C)CC1. The number of benzene rings is 1. The summed E-state index contributed by atoms with van der Waals surface area (Å²) in [5.41, 5.74) is 2.50. The normalized spacial score (nSPS) is 27.4. The first-order chi connectivity index (χ1) is 10.5. The first kappa shape index (κ1) is 15.5. The lowest BCUT2D eigenvalue weighted by atomic mass is 9.90. The Labute approximate surface area is 134 Å². The largest absolute Gasteiger partial charge is 0.353 e. The molecule has 0 aromatic heterocycles. The topological polar surface area (TPSA) is 32.3 Å². The zero-order valence-corrected chi connectivity index (χ0v) is 14.1. The third-order valence-electron chi connectivity index (χ3n) is 5.55. The van der Waals surface area contributed by atoms with E-state index in [0.29, 0.717) is 12.0 Å². The van der Waals surface area contributed by atoms with Crippen LogP contribution in [0.1, 0.15) is 37.3 Å². The highest BCUT2D eigenvalue weighted by molar-refractivity contribution is 5.86. The zero-order chi connectivity index (χ0) is 15.7. The lowest BCUT2D eigenvalue weighted by Gasteiger charge is -2.36. The van der Waals surface area contributed by atoms with Crippen LogP contribution in [0, 0.1) is 18.3 Å². The molecule has 1 aliphatic carbocycles. The molecule has 1 aromatic carbocycles.